The maximum atomic E-state index is 16.9. The van der Waals surface area contributed by atoms with E-state index in [-0.39, 0.29) is 120 Å². The lowest BCUT2D eigenvalue weighted by Crippen LogP contribution is -2.61. The van der Waals surface area contributed by atoms with Crippen molar-refractivity contribution >= 4 is 35.1 Å². The second-order valence-electron chi connectivity index (χ2n) is 33.4. The van der Waals surface area contributed by atoms with E-state index in [9.17, 15) is 20.4 Å². The first-order valence-corrected chi connectivity index (χ1v) is 39.0. The van der Waals surface area contributed by atoms with Crippen LogP contribution in [0.4, 0.5) is 0 Å². The fourth-order valence-corrected chi connectivity index (χ4v) is 24.7. The van der Waals surface area contributed by atoms with Gasteiger partial charge < -0.3 is 43.8 Å². The van der Waals surface area contributed by atoms with Crippen molar-refractivity contribution in [1.29, 1.82) is 0 Å². The Morgan fingerprint density at radius 3 is 2.44 bits per heavy atom. The molecule has 0 radical (unpaired) electrons. The molecule has 0 amide bonds. The molecule has 21 bridgehead atoms. The molecule has 12 heteroatoms. The fourth-order valence-electron chi connectivity index (χ4n) is 24.7. The predicted octanol–water partition coefficient (Wildman–Crippen LogP) is 15.5. The molecule has 2 fully saturated rings. The van der Waals surface area contributed by atoms with Gasteiger partial charge in [0.25, 0.3) is 0 Å². The van der Waals surface area contributed by atoms with Gasteiger partial charge >= 0.3 is 17.6 Å². The van der Waals surface area contributed by atoms with Gasteiger partial charge in [-0.15, -0.1) is 0 Å². The number of hydrogen-bond acceptors (Lipinski definition) is 12. The van der Waals surface area contributed by atoms with Crippen LogP contribution < -0.4 is 10.4 Å². The zero-order valence-electron chi connectivity index (χ0n) is 59.1. The standard InChI is InChI=1S/C92H90O12/c1-50(46-94)70-44-71-59-38-52-16-14-51(15-17-52)37-53-18-19-55-20-22-61-9-4-10-62-23-25-67-65(12-5-13-75(67)92(61,62)77(55)39-53)57-31-35-90-34-30-56-8-6-33-91(78-45-72-64-11-3-2-7-54(64)21-24-66(72)73(78)42-60(40-59)81-68(71)26-28-76(90)83(56)81)87(103-88(70)98)86(101-80(97)43-63(90)41-57)84-79(104-91)29-27-69-74(47-95)82(89(99)102-85(69)84)58(32-36-93)48-100-49-96/h2-3,5,7,11-22,24,26-29,31,35,39,56-63,66,71-73,78,86-87,93-96H,4,9-10,23,25,30,32-34,36-38,40-49H2,1H3/b70-50-/t56-,57+,58-,59+,60-,61-,62+,63-,66+,71-,72+,73-,78-,86-,87+,90+,91+,92+/m1/s1. The first kappa shape index (κ1) is 65.1. The van der Waals surface area contributed by atoms with Crippen LogP contribution in [0.2, 0.25) is 0 Å². The van der Waals surface area contributed by atoms with Crippen molar-refractivity contribution in [3.05, 3.63) is 250 Å². The minimum absolute atomic E-state index is 0.00586. The number of hydrogen-bond donors (Lipinski definition) is 4. The van der Waals surface area contributed by atoms with E-state index >= 15 is 14.4 Å². The summed E-state index contributed by atoms with van der Waals surface area (Å²) in [5.74, 6) is 6.09. The van der Waals surface area contributed by atoms with E-state index in [1.165, 1.54) is 90.7 Å². The predicted molar refractivity (Wildman–Crippen MR) is 396 cm³/mol. The average Bonchev–Trinajstić information content (AvgIpc) is 0.911. The van der Waals surface area contributed by atoms with Crippen molar-refractivity contribution < 1.29 is 53.4 Å². The van der Waals surface area contributed by atoms with Crippen LogP contribution in [0.5, 0.6) is 5.75 Å². The summed E-state index contributed by atoms with van der Waals surface area (Å²) in [6.07, 6.45) is 24.0. The lowest BCUT2D eigenvalue weighted by molar-refractivity contribution is -0.205. The average molecular weight is 1390 g/mol. The Bertz CT molecular complexity index is 5020. The third-order valence-electron chi connectivity index (χ3n) is 29.0. The molecule has 17 aliphatic carbocycles. The molecule has 4 aliphatic heterocycles. The second kappa shape index (κ2) is 24.9. The van der Waals surface area contributed by atoms with Crippen LogP contribution >= 0.6 is 0 Å². The maximum Gasteiger partial charge on any atom is 0.340 e. The Morgan fingerprint density at radius 2 is 1.58 bits per heavy atom. The normalized spacial score (nSPS) is 33.7. The molecule has 21 aliphatic rings. The van der Waals surface area contributed by atoms with Gasteiger partial charge in [-0.2, -0.15) is 0 Å². The fraction of sp³-hybridized carbons (Fsp3) is 0.446. The van der Waals surface area contributed by atoms with Crippen molar-refractivity contribution in [2.24, 2.45) is 41.4 Å². The second-order valence-corrected chi connectivity index (χ2v) is 33.4. The summed E-state index contributed by atoms with van der Waals surface area (Å²) in [6, 6.07) is 41.2. The summed E-state index contributed by atoms with van der Waals surface area (Å²) in [6.45, 7) is -0.288. The highest BCUT2D eigenvalue weighted by molar-refractivity contribution is 5.91. The molecular formula is C92H90O12. The molecule has 12 nitrogen and oxygen atoms in total. The summed E-state index contributed by atoms with van der Waals surface area (Å²) in [7, 11) is 0. The molecule has 7 aromatic rings. The lowest BCUT2D eigenvalue weighted by Gasteiger charge is -2.55. The topological polar surface area (TPSA) is 182 Å². The van der Waals surface area contributed by atoms with Gasteiger partial charge in [-0.05, 0) is 251 Å². The van der Waals surface area contributed by atoms with Gasteiger partial charge in [-0.1, -0.05) is 152 Å². The van der Waals surface area contributed by atoms with E-state index in [2.05, 4.69) is 145 Å². The van der Waals surface area contributed by atoms with Gasteiger partial charge in [-0.25, -0.2) is 9.59 Å². The van der Waals surface area contributed by atoms with Crippen molar-refractivity contribution in [2.75, 3.05) is 26.6 Å². The summed E-state index contributed by atoms with van der Waals surface area (Å²) >= 11 is 0. The van der Waals surface area contributed by atoms with Gasteiger partial charge in [-0.3, -0.25) is 4.79 Å². The van der Waals surface area contributed by atoms with Gasteiger partial charge in [0.05, 0.1) is 31.8 Å². The zero-order chi connectivity index (χ0) is 70.1. The first-order chi connectivity index (χ1) is 50.9. The third kappa shape index (κ3) is 9.57. The minimum Gasteiger partial charge on any atom is -0.481 e. The van der Waals surface area contributed by atoms with Crippen LogP contribution in [-0.4, -0.2) is 70.7 Å². The highest BCUT2D eigenvalue weighted by Gasteiger charge is 2.66. The highest BCUT2D eigenvalue weighted by atomic mass is 16.6. The first-order valence-electron chi connectivity index (χ1n) is 39.0. The van der Waals surface area contributed by atoms with E-state index < -0.39 is 72.6 Å². The van der Waals surface area contributed by atoms with Crippen LogP contribution in [0.1, 0.15) is 233 Å². The molecule has 5 heterocycles. The molecule has 2 saturated carbocycles. The molecule has 6 aromatic carbocycles. The molecule has 104 heavy (non-hydrogen) atoms. The van der Waals surface area contributed by atoms with Gasteiger partial charge in [0, 0.05) is 64.1 Å². The Labute approximate surface area is 607 Å². The number of aliphatic hydroxyl groups is 4. The Kier molecular flexibility index (Phi) is 15.6. The number of allylic oxidation sites excluding steroid dienone is 4. The van der Waals surface area contributed by atoms with E-state index in [4.69, 9.17) is 23.4 Å². The van der Waals surface area contributed by atoms with E-state index in [0.717, 1.165) is 57.8 Å². The van der Waals surface area contributed by atoms with Crippen LogP contribution in [0, 0.1) is 53.3 Å². The van der Waals surface area contributed by atoms with Gasteiger partial charge in [0.1, 0.15) is 18.1 Å². The van der Waals surface area contributed by atoms with E-state index in [1.54, 1.807) is 6.07 Å². The Hall–Kier alpha value is -8.41. The summed E-state index contributed by atoms with van der Waals surface area (Å²) in [5, 5.41) is 43.9. The highest BCUT2D eigenvalue weighted by Crippen LogP contribution is 2.68. The van der Waals surface area contributed by atoms with Gasteiger partial charge in [0.15, 0.2) is 17.8 Å². The zero-order valence-corrected chi connectivity index (χ0v) is 59.1. The van der Waals surface area contributed by atoms with Gasteiger partial charge in [0.2, 0.25) is 0 Å². The number of esters is 2. The molecule has 530 valence electrons. The van der Waals surface area contributed by atoms with E-state index in [1.807, 2.05) is 13.0 Å². The summed E-state index contributed by atoms with van der Waals surface area (Å²) < 4.78 is 35.5. The number of benzene rings is 6. The van der Waals surface area contributed by atoms with Crippen molar-refractivity contribution in [3.8, 4) is 17.6 Å². The number of aliphatic hydroxyl groups excluding tert-OH is 4. The van der Waals surface area contributed by atoms with Crippen LogP contribution in [0.15, 0.2) is 154 Å². The Morgan fingerprint density at radius 1 is 0.721 bits per heavy atom. The minimum atomic E-state index is -1.53. The molecule has 28 rings (SSSR count). The number of carbonyl (C=O) groups excluding carboxylic acids is 2. The summed E-state index contributed by atoms with van der Waals surface area (Å²) in [5.41, 5.74) is 16.7. The van der Waals surface area contributed by atoms with Crippen LogP contribution in [0.25, 0.3) is 23.1 Å². The van der Waals surface area contributed by atoms with Crippen molar-refractivity contribution in [1.82, 2.24) is 0 Å². The number of rotatable bonds is 8. The molecular weight excluding hydrogens is 1300 g/mol. The van der Waals surface area contributed by atoms with Crippen LogP contribution in [0.3, 0.4) is 0 Å². The van der Waals surface area contributed by atoms with Crippen LogP contribution in [-0.2, 0) is 60.5 Å². The van der Waals surface area contributed by atoms with Crippen molar-refractivity contribution in [3.63, 3.8) is 0 Å². The molecule has 0 unspecified atom stereocenters. The SMILES string of the molecule is C/C(CO)=C1\C[C@H]2c3ccc4c5c3[C@@H]3C[C@@H]2Cc2ccc(cc2)Cc2ccc6c(c2)[C@]27c8cccc(c8CC[C@@H]2CCC[C@@H]7C=C6)[C@H]2C=C[C@]46CC[C@H]5C#CC[C@]4(Oc5ccc7c(CO)c([C@H](CCO)COCO)c(=O)oc7c5[C@@H](OC(=O)C[C@H]6C2)[C@@H]4OC1=O)[C@@H]1C[C@H]2c4ccccc4C=C[C@@H]2[C@H]1C3. The monoisotopic (exact) mass is 1390 g/mol. The molecule has 1 aromatic heterocycles. The lowest BCUT2D eigenvalue weighted by atomic mass is 9.47. The Balaban J connectivity index is 0.878. The maximum absolute atomic E-state index is 16.9. The number of fused-ring (bicyclic) bond motifs is 9. The largest absolute Gasteiger partial charge is 0.481 e. The smallest absolute Gasteiger partial charge is 0.340 e. The quantitative estimate of drug-likeness (QED) is 0.0283. The summed E-state index contributed by atoms with van der Waals surface area (Å²) in [4.78, 5) is 48.9. The molecule has 3 spiro atoms. The molecule has 4 N–H and O–H groups in total. The van der Waals surface area contributed by atoms with E-state index in [0.29, 0.717) is 47.0 Å². The third-order valence-corrected chi connectivity index (χ3v) is 29.0. The van der Waals surface area contributed by atoms with Crippen molar-refractivity contribution in [2.45, 2.75) is 187 Å². The number of carbonyl (C=O) groups is 2. The number of ether oxygens (including phenoxy) is 4. The molecule has 0 saturated heterocycles. The molecule has 18 atom stereocenters.